The number of fused-ring (bicyclic) bond motifs is 1. The van der Waals surface area contributed by atoms with Crippen molar-refractivity contribution in [1.29, 1.82) is 0 Å². The number of aromatic hydroxyl groups is 2. The highest BCUT2D eigenvalue weighted by Gasteiger charge is 2.36. The molecule has 2 aliphatic rings. The molecule has 3 aromatic carbocycles. The number of allylic oxidation sites excluding steroid dienone is 2. The number of benzene rings is 3. The molecule has 5 rings (SSSR count). The maximum atomic E-state index is 12.0. The number of carboxylic acids is 1. The summed E-state index contributed by atoms with van der Waals surface area (Å²) in [5, 5.41) is 29.4. The van der Waals surface area contributed by atoms with Crippen molar-refractivity contribution in [2.45, 2.75) is 12.0 Å². The molecule has 0 spiro atoms. The fraction of sp³-hybridized carbons (Fsp3) is 0.0741. The molecule has 0 fully saturated rings. The van der Waals surface area contributed by atoms with Gasteiger partial charge in [-0.1, -0.05) is 42.5 Å². The number of phenolic OH excluding ortho intramolecular Hbond substituents is 2. The number of carboxylic acid groups (broad SMARTS) is 1. The van der Waals surface area contributed by atoms with E-state index in [4.69, 9.17) is 16.2 Å². The molecule has 1 heterocycles. The number of aromatic carboxylic acids is 1. The molecule has 7 nitrogen and oxygen atoms in total. The Labute approximate surface area is 195 Å². The van der Waals surface area contributed by atoms with E-state index in [1.807, 2.05) is 24.3 Å². The summed E-state index contributed by atoms with van der Waals surface area (Å²) in [6.45, 7) is 0. The van der Waals surface area contributed by atoms with Crippen molar-refractivity contribution in [3.8, 4) is 17.2 Å². The molecule has 7 heteroatoms. The maximum absolute atomic E-state index is 12.0. The number of nitrogens with two attached hydrogens (primary N) is 2. The molecule has 0 aromatic heterocycles. The van der Waals surface area contributed by atoms with Crippen LogP contribution in [0.5, 0.6) is 17.2 Å². The van der Waals surface area contributed by atoms with Crippen LogP contribution in [0.15, 0.2) is 89.7 Å². The predicted molar refractivity (Wildman–Crippen MR) is 129 cm³/mol. The van der Waals surface area contributed by atoms with Gasteiger partial charge in [-0.2, -0.15) is 0 Å². The van der Waals surface area contributed by atoms with Crippen molar-refractivity contribution in [1.82, 2.24) is 0 Å². The van der Waals surface area contributed by atoms with Gasteiger partial charge in [-0.15, -0.1) is 0 Å². The zero-order valence-electron chi connectivity index (χ0n) is 18.0. The van der Waals surface area contributed by atoms with Crippen LogP contribution in [0.1, 0.15) is 33.0 Å². The van der Waals surface area contributed by atoms with Crippen LogP contribution >= 0.6 is 0 Å². The van der Waals surface area contributed by atoms with Crippen LogP contribution in [0, 0.1) is 0 Å². The van der Waals surface area contributed by atoms with E-state index in [1.54, 1.807) is 42.5 Å². The number of nitrogen functional groups attached to an aromatic ring is 1. The number of phenols is 2. The fourth-order valence-electron chi connectivity index (χ4n) is 4.46. The van der Waals surface area contributed by atoms with Gasteiger partial charge in [0.25, 0.3) is 0 Å². The first-order valence-electron chi connectivity index (χ1n) is 10.6. The maximum Gasteiger partial charge on any atom is 0.335 e. The summed E-state index contributed by atoms with van der Waals surface area (Å²) in [4.78, 5) is 12.0. The lowest BCUT2D eigenvalue weighted by Gasteiger charge is -2.34. The van der Waals surface area contributed by atoms with E-state index >= 15 is 0 Å². The Kier molecular flexibility index (Phi) is 5.11. The van der Waals surface area contributed by atoms with Crippen molar-refractivity contribution >= 4 is 17.7 Å². The average Bonchev–Trinajstić information content (AvgIpc) is 2.81. The van der Waals surface area contributed by atoms with Gasteiger partial charge in [0, 0.05) is 34.4 Å². The lowest BCUT2D eigenvalue weighted by molar-refractivity contribution is 0.0695. The second-order valence-corrected chi connectivity index (χ2v) is 8.24. The third-order valence-corrected chi connectivity index (χ3v) is 6.06. The van der Waals surface area contributed by atoms with Gasteiger partial charge >= 0.3 is 5.97 Å². The van der Waals surface area contributed by atoms with Gasteiger partial charge in [0.05, 0.1) is 11.6 Å². The summed E-state index contributed by atoms with van der Waals surface area (Å²) >= 11 is 0. The molecule has 34 heavy (non-hydrogen) atoms. The van der Waals surface area contributed by atoms with E-state index in [-0.39, 0.29) is 17.1 Å². The molecule has 2 unspecified atom stereocenters. The largest absolute Gasteiger partial charge is 0.504 e. The number of carbonyl (C=O) groups is 1. The van der Waals surface area contributed by atoms with Crippen LogP contribution in [0.3, 0.4) is 0 Å². The highest BCUT2D eigenvalue weighted by atomic mass is 16.5. The summed E-state index contributed by atoms with van der Waals surface area (Å²) in [6, 6.07) is 16.2. The van der Waals surface area contributed by atoms with Gasteiger partial charge in [0.1, 0.15) is 11.5 Å². The Balaban J connectivity index is 1.75. The third-order valence-electron chi connectivity index (χ3n) is 6.06. The highest BCUT2D eigenvalue weighted by molar-refractivity contribution is 5.90. The van der Waals surface area contributed by atoms with Crippen LogP contribution in [0.4, 0.5) is 5.69 Å². The first-order chi connectivity index (χ1) is 16.3. The second-order valence-electron chi connectivity index (χ2n) is 8.24. The zero-order valence-corrected chi connectivity index (χ0v) is 18.0. The summed E-state index contributed by atoms with van der Waals surface area (Å²) in [5.41, 5.74) is 16.6. The van der Waals surface area contributed by atoms with Crippen LogP contribution in [0.25, 0.3) is 6.08 Å². The molecule has 0 bridgehead atoms. The number of rotatable bonds is 3. The van der Waals surface area contributed by atoms with Gasteiger partial charge < -0.3 is 31.5 Å². The lowest BCUT2D eigenvalue weighted by atomic mass is 9.76. The quantitative estimate of drug-likeness (QED) is 0.296. The van der Waals surface area contributed by atoms with Crippen LogP contribution < -0.4 is 16.2 Å². The minimum Gasteiger partial charge on any atom is -0.504 e. The zero-order chi connectivity index (χ0) is 24.0. The van der Waals surface area contributed by atoms with E-state index in [0.717, 1.165) is 11.1 Å². The molecule has 0 amide bonds. The number of hydrogen-bond donors (Lipinski definition) is 5. The summed E-state index contributed by atoms with van der Waals surface area (Å²) < 4.78 is 6.32. The van der Waals surface area contributed by atoms with Crippen LogP contribution in [-0.2, 0) is 0 Å². The van der Waals surface area contributed by atoms with Crippen molar-refractivity contribution < 1.29 is 24.9 Å². The summed E-state index contributed by atoms with van der Waals surface area (Å²) in [7, 11) is 0. The molecule has 1 aliphatic heterocycles. The Morgan fingerprint density at radius 3 is 2.53 bits per heavy atom. The highest BCUT2D eigenvalue weighted by Crippen LogP contribution is 2.48. The van der Waals surface area contributed by atoms with Crippen LogP contribution in [-0.4, -0.2) is 27.3 Å². The van der Waals surface area contributed by atoms with Gasteiger partial charge in [-0.3, -0.25) is 0 Å². The van der Waals surface area contributed by atoms with Crippen molar-refractivity contribution in [2.75, 3.05) is 5.73 Å². The number of ether oxygens (including phenoxy) is 1. The third kappa shape index (κ3) is 3.58. The SMILES string of the molecule is Nc1ccc2c(c1)OC1=C(C=CC(N)/C1=C\c1ccc(O)c(O)c1)C2c1ccccc1C(=O)O. The second kappa shape index (κ2) is 8.13. The Morgan fingerprint density at radius 1 is 0.971 bits per heavy atom. The predicted octanol–water partition coefficient (Wildman–Crippen LogP) is 4.14. The number of anilines is 1. The van der Waals surface area contributed by atoms with E-state index in [0.29, 0.717) is 33.9 Å². The summed E-state index contributed by atoms with van der Waals surface area (Å²) in [5.74, 6) is -0.894. The molecule has 3 aromatic rings. The molecular weight excluding hydrogens is 432 g/mol. The Morgan fingerprint density at radius 2 is 1.76 bits per heavy atom. The van der Waals surface area contributed by atoms with Gasteiger partial charge in [-0.05, 0) is 41.5 Å². The Bertz CT molecular complexity index is 1420. The minimum absolute atomic E-state index is 0.196. The Hall–Kier alpha value is -4.49. The molecule has 0 radical (unpaired) electrons. The standard InChI is InChI=1S/C27H22N2O5/c28-15-6-7-18-24(13-15)34-26-19(25(18)16-3-1-2-4-17(16)27(32)33)8-9-21(29)20(26)11-14-5-10-22(30)23(31)12-14/h1-13,21,25,30-31H,28-29H2,(H,32,33)/b20-11+. The summed E-state index contributed by atoms with van der Waals surface area (Å²) in [6.07, 6.45) is 5.47. The van der Waals surface area contributed by atoms with Crippen molar-refractivity contribution in [3.63, 3.8) is 0 Å². The minimum atomic E-state index is -1.02. The van der Waals surface area contributed by atoms with Crippen LogP contribution in [0.2, 0.25) is 0 Å². The van der Waals surface area contributed by atoms with Crippen molar-refractivity contribution in [3.05, 3.63) is 112 Å². The molecule has 0 saturated heterocycles. The van der Waals surface area contributed by atoms with E-state index in [2.05, 4.69) is 0 Å². The molecule has 0 saturated carbocycles. The van der Waals surface area contributed by atoms with E-state index in [1.165, 1.54) is 12.1 Å². The topological polar surface area (TPSA) is 139 Å². The smallest absolute Gasteiger partial charge is 0.335 e. The van der Waals surface area contributed by atoms with Gasteiger partial charge in [0.2, 0.25) is 0 Å². The van der Waals surface area contributed by atoms with E-state index < -0.39 is 17.9 Å². The molecule has 1 aliphatic carbocycles. The monoisotopic (exact) mass is 454 g/mol. The molecule has 2 atom stereocenters. The first-order valence-corrected chi connectivity index (χ1v) is 10.6. The fourth-order valence-corrected chi connectivity index (χ4v) is 4.46. The van der Waals surface area contributed by atoms with E-state index in [9.17, 15) is 20.1 Å². The molecule has 170 valence electrons. The van der Waals surface area contributed by atoms with Gasteiger partial charge in [-0.25, -0.2) is 4.79 Å². The van der Waals surface area contributed by atoms with Gasteiger partial charge in [0.15, 0.2) is 11.5 Å². The van der Waals surface area contributed by atoms with Crippen molar-refractivity contribution in [2.24, 2.45) is 5.73 Å². The first kappa shape index (κ1) is 21.4. The molecule has 7 N–H and O–H groups in total. The normalized spacial score (nSPS) is 20.0. The lowest BCUT2D eigenvalue weighted by Crippen LogP contribution is -2.30. The number of hydrogen-bond acceptors (Lipinski definition) is 6. The molecular formula is C27H22N2O5. The average molecular weight is 454 g/mol.